The van der Waals surface area contributed by atoms with Crippen LogP contribution < -0.4 is 14.8 Å². The van der Waals surface area contributed by atoms with Crippen molar-refractivity contribution < 1.29 is 27.1 Å². The van der Waals surface area contributed by atoms with Crippen LogP contribution in [0.3, 0.4) is 0 Å². The highest BCUT2D eigenvalue weighted by molar-refractivity contribution is 7.89. The molecule has 2 aromatic rings. The molecule has 0 spiro atoms. The molecular formula is C23H29FN2O5S. The number of amides is 1. The second-order valence-electron chi connectivity index (χ2n) is 7.54. The van der Waals surface area contributed by atoms with Gasteiger partial charge in [-0.1, -0.05) is 13.3 Å². The summed E-state index contributed by atoms with van der Waals surface area (Å²) in [6.45, 7) is 3.42. The van der Waals surface area contributed by atoms with Crippen LogP contribution in [0.25, 0.3) is 0 Å². The lowest BCUT2D eigenvalue weighted by Gasteiger charge is -2.25. The molecule has 3 rings (SSSR count). The monoisotopic (exact) mass is 464 g/mol. The van der Waals surface area contributed by atoms with Crippen molar-refractivity contribution in [3.05, 3.63) is 54.3 Å². The summed E-state index contributed by atoms with van der Waals surface area (Å²) >= 11 is 0. The Labute approximate surface area is 188 Å². The molecule has 1 amide bonds. The van der Waals surface area contributed by atoms with E-state index in [0.717, 1.165) is 19.3 Å². The molecule has 2 aromatic carbocycles. The van der Waals surface area contributed by atoms with Crippen LogP contribution in [0, 0.1) is 5.82 Å². The Bertz CT molecular complexity index is 974. The van der Waals surface area contributed by atoms with Gasteiger partial charge in [-0.15, -0.1) is 0 Å². The highest BCUT2D eigenvalue weighted by Gasteiger charge is 2.25. The van der Waals surface area contributed by atoms with Crippen molar-refractivity contribution in [1.82, 2.24) is 9.62 Å². The van der Waals surface area contributed by atoms with E-state index in [9.17, 15) is 17.6 Å². The minimum Gasteiger partial charge on any atom is -0.492 e. The molecule has 32 heavy (non-hydrogen) atoms. The molecule has 1 unspecified atom stereocenters. The Morgan fingerprint density at radius 2 is 1.66 bits per heavy atom. The first kappa shape index (κ1) is 24.0. The van der Waals surface area contributed by atoms with Crippen molar-refractivity contribution >= 4 is 15.9 Å². The van der Waals surface area contributed by atoms with E-state index in [-0.39, 0.29) is 29.8 Å². The van der Waals surface area contributed by atoms with Crippen molar-refractivity contribution in [3.8, 4) is 11.5 Å². The van der Waals surface area contributed by atoms with Gasteiger partial charge in [-0.2, -0.15) is 4.31 Å². The van der Waals surface area contributed by atoms with E-state index in [1.807, 2.05) is 6.92 Å². The molecule has 7 nitrogen and oxygen atoms in total. The van der Waals surface area contributed by atoms with Crippen molar-refractivity contribution in [3.63, 3.8) is 0 Å². The minimum atomic E-state index is -3.47. The molecule has 0 aromatic heterocycles. The van der Waals surface area contributed by atoms with Crippen LogP contribution in [0.4, 0.5) is 4.39 Å². The first-order chi connectivity index (χ1) is 15.4. The number of hydrogen-bond acceptors (Lipinski definition) is 5. The largest absolute Gasteiger partial charge is 0.492 e. The van der Waals surface area contributed by atoms with Gasteiger partial charge in [-0.3, -0.25) is 4.79 Å². The third-order valence-electron chi connectivity index (χ3n) is 5.20. The van der Waals surface area contributed by atoms with E-state index in [0.29, 0.717) is 31.0 Å². The summed E-state index contributed by atoms with van der Waals surface area (Å²) in [4.78, 5) is 12.6. The van der Waals surface area contributed by atoms with Gasteiger partial charge in [0.25, 0.3) is 5.91 Å². The Morgan fingerprint density at radius 3 is 2.28 bits per heavy atom. The van der Waals surface area contributed by atoms with Gasteiger partial charge in [0.05, 0.1) is 11.4 Å². The Hall–Kier alpha value is -2.65. The zero-order valence-electron chi connectivity index (χ0n) is 18.1. The van der Waals surface area contributed by atoms with Crippen LogP contribution in [-0.2, 0) is 14.8 Å². The van der Waals surface area contributed by atoms with Gasteiger partial charge < -0.3 is 14.8 Å². The number of sulfonamides is 1. The molecule has 0 bridgehead atoms. The lowest BCUT2D eigenvalue weighted by molar-refractivity contribution is -0.128. The zero-order chi connectivity index (χ0) is 23.0. The van der Waals surface area contributed by atoms with Crippen LogP contribution in [0.2, 0.25) is 0 Å². The summed E-state index contributed by atoms with van der Waals surface area (Å²) in [6.07, 6.45) is 2.60. The fraction of sp³-hybridized carbons (Fsp3) is 0.435. The number of rotatable bonds is 10. The second-order valence-corrected chi connectivity index (χ2v) is 9.48. The normalized spacial score (nSPS) is 15.7. The second kappa shape index (κ2) is 11.3. The van der Waals surface area contributed by atoms with E-state index in [2.05, 4.69) is 5.32 Å². The predicted octanol–water partition coefficient (Wildman–Crippen LogP) is 3.35. The summed E-state index contributed by atoms with van der Waals surface area (Å²) in [7, 11) is -3.47. The van der Waals surface area contributed by atoms with Crippen LogP contribution in [-0.4, -0.2) is 51.0 Å². The molecule has 174 valence electrons. The number of benzene rings is 2. The van der Waals surface area contributed by atoms with Crippen LogP contribution >= 0.6 is 0 Å². The molecule has 1 aliphatic rings. The summed E-state index contributed by atoms with van der Waals surface area (Å²) in [5.74, 6) is 0.281. The van der Waals surface area contributed by atoms with E-state index in [1.165, 1.54) is 28.6 Å². The maximum atomic E-state index is 13.0. The average Bonchev–Trinajstić information content (AvgIpc) is 2.82. The number of ether oxygens (including phenoxy) is 2. The Morgan fingerprint density at radius 1 is 1.03 bits per heavy atom. The van der Waals surface area contributed by atoms with Crippen molar-refractivity contribution in [2.45, 2.75) is 43.6 Å². The van der Waals surface area contributed by atoms with Gasteiger partial charge in [-0.25, -0.2) is 12.8 Å². The molecule has 1 N–H and O–H groups in total. The number of halogens is 1. The van der Waals surface area contributed by atoms with Gasteiger partial charge in [0.2, 0.25) is 10.0 Å². The molecular weight excluding hydrogens is 435 g/mol. The Balaban J connectivity index is 1.44. The maximum absolute atomic E-state index is 13.0. The molecule has 1 fully saturated rings. The van der Waals surface area contributed by atoms with Gasteiger partial charge in [-0.05, 0) is 67.8 Å². The fourth-order valence-corrected chi connectivity index (χ4v) is 4.94. The summed E-state index contributed by atoms with van der Waals surface area (Å²) in [5.41, 5.74) is 0. The number of nitrogens with one attached hydrogen (secondary N) is 1. The molecule has 9 heteroatoms. The maximum Gasteiger partial charge on any atom is 0.261 e. The number of nitrogens with zero attached hydrogens (tertiary/aromatic N) is 1. The van der Waals surface area contributed by atoms with Gasteiger partial charge >= 0.3 is 0 Å². The van der Waals surface area contributed by atoms with Crippen molar-refractivity contribution in [2.75, 3.05) is 26.2 Å². The molecule has 0 saturated carbocycles. The molecule has 0 radical (unpaired) electrons. The third-order valence-corrected chi connectivity index (χ3v) is 7.11. The molecule has 1 aliphatic heterocycles. The minimum absolute atomic E-state index is 0.219. The van der Waals surface area contributed by atoms with E-state index in [1.54, 1.807) is 24.3 Å². The highest BCUT2D eigenvalue weighted by Crippen LogP contribution is 2.22. The summed E-state index contributed by atoms with van der Waals surface area (Å²) in [5, 5.41) is 2.75. The number of carbonyl (C=O) groups is 1. The zero-order valence-corrected chi connectivity index (χ0v) is 18.9. The fourth-order valence-electron chi connectivity index (χ4n) is 3.42. The van der Waals surface area contributed by atoms with E-state index >= 15 is 0 Å². The quantitative estimate of drug-likeness (QED) is 0.545. The lowest BCUT2D eigenvalue weighted by atomic mass is 10.2. The molecule has 1 atom stereocenters. The van der Waals surface area contributed by atoms with Crippen LogP contribution in [0.15, 0.2) is 53.4 Å². The molecule has 0 aliphatic carbocycles. The average molecular weight is 465 g/mol. The van der Waals surface area contributed by atoms with Gasteiger partial charge in [0, 0.05) is 13.1 Å². The summed E-state index contributed by atoms with van der Waals surface area (Å²) < 4.78 is 51.1. The molecule has 1 heterocycles. The first-order valence-electron chi connectivity index (χ1n) is 10.8. The molecule has 1 saturated heterocycles. The third kappa shape index (κ3) is 6.43. The van der Waals surface area contributed by atoms with E-state index in [4.69, 9.17) is 9.47 Å². The van der Waals surface area contributed by atoms with Gasteiger partial charge in [0.1, 0.15) is 23.9 Å². The number of carbonyl (C=O) groups excluding carboxylic acids is 1. The topological polar surface area (TPSA) is 84.9 Å². The van der Waals surface area contributed by atoms with Crippen LogP contribution in [0.1, 0.15) is 32.6 Å². The smallest absolute Gasteiger partial charge is 0.261 e. The van der Waals surface area contributed by atoms with E-state index < -0.39 is 16.1 Å². The Kier molecular flexibility index (Phi) is 8.46. The highest BCUT2D eigenvalue weighted by atomic mass is 32.2. The lowest BCUT2D eigenvalue weighted by Crippen LogP contribution is -2.39. The summed E-state index contributed by atoms with van der Waals surface area (Å²) in [6, 6.07) is 11.8. The van der Waals surface area contributed by atoms with Crippen molar-refractivity contribution in [1.29, 1.82) is 0 Å². The predicted molar refractivity (Wildman–Crippen MR) is 119 cm³/mol. The van der Waals surface area contributed by atoms with Crippen LogP contribution in [0.5, 0.6) is 11.5 Å². The number of piperidine rings is 1. The van der Waals surface area contributed by atoms with Gasteiger partial charge in [0.15, 0.2) is 6.10 Å². The first-order valence-corrected chi connectivity index (χ1v) is 12.3. The number of hydrogen-bond donors (Lipinski definition) is 1. The SMILES string of the molecule is CCC(Oc1ccc(F)cc1)C(=O)NCCOc1ccc(S(=O)(=O)N2CCCCC2)cc1. The standard InChI is InChI=1S/C23H29FN2O5S/c1-2-22(31-20-8-6-18(24)7-9-20)23(27)25-14-17-30-19-10-12-21(13-11-19)32(28,29)26-15-4-3-5-16-26/h6-13,22H,2-5,14-17H2,1H3,(H,25,27). The van der Waals surface area contributed by atoms with Crippen molar-refractivity contribution in [2.24, 2.45) is 0 Å².